The Morgan fingerprint density at radius 3 is 2.53 bits per heavy atom. The average Bonchev–Trinajstić information content (AvgIpc) is 2.83. The van der Waals surface area contributed by atoms with Gasteiger partial charge in [-0.05, 0) is 32.1 Å². The molecule has 3 fully saturated rings. The van der Waals surface area contributed by atoms with Gasteiger partial charge in [0.2, 0.25) is 5.91 Å². The summed E-state index contributed by atoms with van der Waals surface area (Å²) in [6.07, 6.45) is 5.71. The molecule has 1 heterocycles. The molecule has 0 bridgehead atoms. The average molecular weight is 266 g/mol. The van der Waals surface area contributed by atoms with Crippen molar-refractivity contribution in [2.45, 2.75) is 64.1 Å². The predicted octanol–water partition coefficient (Wildman–Crippen LogP) is 1.43. The number of fused-ring (bicyclic) bond motifs is 1. The van der Waals surface area contributed by atoms with Gasteiger partial charge in [0.1, 0.15) is 0 Å². The van der Waals surface area contributed by atoms with Crippen molar-refractivity contribution in [3.05, 3.63) is 0 Å². The highest BCUT2D eigenvalue weighted by Crippen LogP contribution is 2.52. The summed E-state index contributed by atoms with van der Waals surface area (Å²) in [5.41, 5.74) is 5.64. The van der Waals surface area contributed by atoms with Crippen molar-refractivity contribution in [2.75, 3.05) is 6.61 Å². The molecular weight excluding hydrogens is 240 g/mol. The lowest BCUT2D eigenvalue weighted by Crippen LogP contribution is -2.67. The molecule has 3 aliphatic rings. The van der Waals surface area contributed by atoms with E-state index >= 15 is 0 Å². The first-order chi connectivity index (χ1) is 9.00. The van der Waals surface area contributed by atoms with Crippen LogP contribution in [0.5, 0.6) is 0 Å². The second-order valence-corrected chi connectivity index (χ2v) is 7.16. The summed E-state index contributed by atoms with van der Waals surface area (Å²) in [7, 11) is 0. The van der Waals surface area contributed by atoms with Gasteiger partial charge >= 0.3 is 0 Å². The lowest BCUT2D eigenvalue weighted by atomic mass is 9.57. The highest BCUT2D eigenvalue weighted by atomic mass is 16.5. The van der Waals surface area contributed by atoms with Crippen molar-refractivity contribution in [2.24, 2.45) is 23.0 Å². The molecule has 108 valence electrons. The highest BCUT2D eigenvalue weighted by Gasteiger charge is 2.59. The van der Waals surface area contributed by atoms with Crippen molar-refractivity contribution >= 4 is 5.91 Å². The molecule has 3 atom stereocenters. The Balaban J connectivity index is 1.54. The smallest absolute Gasteiger partial charge is 0.220 e. The summed E-state index contributed by atoms with van der Waals surface area (Å²) in [6, 6.07) is 1.14. The largest absolute Gasteiger partial charge is 0.377 e. The SMILES string of the molecule is CC1(C)C(NC2CCC(C(N)=O)CC2)C2CCOC21. The minimum absolute atomic E-state index is 0.106. The van der Waals surface area contributed by atoms with Crippen LogP contribution in [-0.2, 0) is 9.53 Å². The van der Waals surface area contributed by atoms with E-state index in [1.54, 1.807) is 0 Å². The van der Waals surface area contributed by atoms with E-state index in [-0.39, 0.29) is 17.2 Å². The van der Waals surface area contributed by atoms with E-state index in [0.717, 1.165) is 32.3 Å². The molecule has 3 N–H and O–H groups in total. The molecule has 0 radical (unpaired) electrons. The maximum atomic E-state index is 11.2. The fourth-order valence-corrected chi connectivity index (χ4v) is 4.46. The number of primary amides is 1. The number of rotatable bonds is 3. The fourth-order valence-electron chi connectivity index (χ4n) is 4.46. The van der Waals surface area contributed by atoms with Crippen LogP contribution in [0, 0.1) is 17.3 Å². The number of ether oxygens (including phenoxy) is 1. The van der Waals surface area contributed by atoms with Crippen LogP contribution in [-0.4, -0.2) is 30.7 Å². The molecule has 2 aliphatic carbocycles. The first kappa shape index (κ1) is 13.4. The first-order valence-corrected chi connectivity index (χ1v) is 7.67. The summed E-state index contributed by atoms with van der Waals surface area (Å²) in [5, 5.41) is 3.84. The Kier molecular flexibility index (Phi) is 3.34. The lowest BCUT2D eigenvalue weighted by molar-refractivity contribution is -0.124. The van der Waals surface area contributed by atoms with Crippen LogP contribution in [0.25, 0.3) is 0 Å². The van der Waals surface area contributed by atoms with Crippen LogP contribution in [0.4, 0.5) is 0 Å². The quantitative estimate of drug-likeness (QED) is 0.812. The highest BCUT2D eigenvalue weighted by molar-refractivity contribution is 5.76. The molecule has 19 heavy (non-hydrogen) atoms. The third-order valence-electron chi connectivity index (χ3n) is 5.65. The van der Waals surface area contributed by atoms with E-state index in [2.05, 4.69) is 19.2 Å². The maximum absolute atomic E-state index is 11.2. The number of carbonyl (C=O) groups excluding carboxylic acids is 1. The molecule has 1 saturated heterocycles. The van der Waals surface area contributed by atoms with E-state index < -0.39 is 0 Å². The van der Waals surface area contributed by atoms with Gasteiger partial charge in [-0.3, -0.25) is 4.79 Å². The third kappa shape index (κ3) is 2.19. The second kappa shape index (κ2) is 4.74. The third-order valence-corrected chi connectivity index (χ3v) is 5.65. The molecule has 1 amide bonds. The summed E-state index contributed by atoms with van der Waals surface area (Å²) >= 11 is 0. The van der Waals surface area contributed by atoms with Gasteiger partial charge in [-0.15, -0.1) is 0 Å². The van der Waals surface area contributed by atoms with Crippen molar-refractivity contribution in [1.82, 2.24) is 5.32 Å². The topological polar surface area (TPSA) is 64.3 Å². The van der Waals surface area contributed by atoms with Crippen LogP contribution >= 0.6 is 0 Å². The van der Waals surface area contributed by atoms with E-state index in [1.807, 2.05) is 0 Å². The molecule has 3 rings (SSSR count). The Bertz CT molecular complexity index is 361. The zero-order chi connectivity index (χ0) is 13.6. The van der Waals surface area contributed by atoms with Crippen LogP contribution in [0.15, 0.2) is 0 Å². The molecule has 2 saturated carbocycles. The summed E-state index contributed by atoms with van der Waals surface area (Å²) in [5.74, 6) is 0.686. The number of nitrogens with two attached hydrogens (primary N) is 1. The number of nitrogens with one attached hydrogen (secondary N) is 1. The first-order valence-electron chi connectivity index (χ1n) is 7.67. The van der Waals surface area contributed by atoms with Crippen LogP contribution in [0.1, 0.15) is 46.0 Å². The van der Waals surface area contributed by atoms with Crippen molar-refractivity contribution in [3.63, 3.8) is 0 Å². The van der Waals surface area contributed by atoms with Gasteiger partial charge in [0.05, 0.1) is 6.10 Å². The van der Waals surface area contributed by atoms with Crippen LogP contribution in [0.2, 0.25) is 0 Å². The number of hydrogen-bond donors (Lipinski definition) is 2. The molecule has 0 aromatic rings. The fraction of sp³-hybridized carbons (Fsp3) is 0.933. The van der Waals surface area contributed by atoms with E-state index in [1.165, 1.54) is 6.42 Å². The minimum atomic E-state index is -0.119. The summed E-state index contributed by atoms with van der Waals surface area (Å²) < 4.78 is 5.83. The predicted molar refractivity (Wildman–Crippen MR) is 73.5 cm³/mol. The molecule has 0 aromatic heterocycles. The van der Waals surface area contributed by atoms with E-state index in [4.69, 9.17) is 10.5 Å². The molecular formula is C15H26N2O2. The van der Waals surface area contributed by atoms with Crippen molar-refractivity contribution in [1.29, 1.82) is 0 Å². The molecule has 0 spiro atoms. The Labute approximate surface area is 115 Å². The van der Waals surface area contributed by atoms with Gasteiger partial charge in [0.15, 0.2) is 0 Å². The van der Waals surface area contributed by atoms with Crippen LogP contribution in [0.3, 0.4) is 0 Å². The molecule has 3 unspecified atom stereocenters. The van der Waals surface area contributed by atoms with Gasteiger partial charge < -0.3 is 15.8 Å². The van der Waals surface area contributed by atoms with Crippen molar-refractivity contribution in [3.8, 4) is 0 Å². The van der Waals surface area contributed by atoms with E-state index in [0.29, 0.717) is 24.1 Å². The molecule has 4 nitrogen and oxygen atoms in total. The summed E-state index contributed by atoms with van der Waals surface area (Å²) in [4.78, 5) is 11.2. The Morgan fingerprint density at radius 1 is 1.21 bits per heavy atom. The van der Waals surface area contributed by atoms with Crippen LogP contribution < -0.4 is 11.1 Å². The molecule has 1 aliphatic heterocycles. The number of hydrogen-bond acceptors (Lipinski definition) is 3. The normalized spacial score (nSPS) is 44.4. The number of carbonyl (C=O) groups is 1. The summed E-state index contributed by atoms with van der Waals surface area (Å²) in [6.45, 7) is 5.55. The van der Waals surface area contributed by atoms with Gasteiger partial charge in [0.25, 0.3) is 0 Å². The molecule has 4 heteroatoms. The Morgan fingerprint density at radius 2 is 1.89 bits per heavy atom. The monoisotopic (exact) mass is 266 g/mol. The molecule has 0 aromatic carbocycles. The van der Waals surface area contributed by atoms with Gasteiger partial charge in [-0.25, -0.2) is 0 Å². The zero-order valence-electron chi connectivity index (χ0n) is 12.0. The minimum Gasteiger partial charge on any atom is -0.377 e. The van der Waals surface area contributed by atoms with E-state index in [9.17, 15) is 4.79 Å². The van der Waals surface area contributed by atoms with Gasteiger partial charge in [0, 0.05) is 35.9 Å². The van der Waals surface area contributed by atoms with Gasteiger partial charge in [-0.1, -0.05) is 13.8 Å². The number of amides is 1. The Hall–Kier alpha value is -0.610. The second-order valence-electron chi connectivity index (χ2n) is 7.16. The van der Waals surface area contributed by atoms with Gasteiger partial charge in [-0.2, -0.15) is 0 Å². The zero-order valence-corrected chi connectivity index (χ0v) is 12.0. The maximum Gasteiger partial charge on any atom is 0.220 e. The lowest BCUT2D eigenvalue weighted by Gasteiger charge is -2.56. The standard InChI is InChI=1S/C15H26N2O2/c1-15(2)12(11-7-8-19-13(11)15)17-10-5-3-9(4-6-10)14(16)18/h9-13,17H,3-8H2,1-2H3,(H2,16,18). The van der Waals surface area contributed by atoms with Crippen molar-refractivity contribution < 1.29 is 9.53 Å².